The summed E-state index contributed by atoms with van der Waals surface area (Å²) in [6.07, 6.45) is 0. The molecule has 0 aliphatic heterocycles. The zero-order valence-electron chi connectivity index (χ0n) is 11.4. The van der Waals surface area contributed by atoms with Crippen LogP contribution in [-0.4, -0.2) is 36.1 Å². The average Bonchev–Trinajstić information content (AvgIpc) is 2.88. The highest BCUT2D eigenvalue weighted by atomic mass is 35.5. The molecule has 2 rings (SSSR count). The topological polar surface area (TPSA) is 77.6 Å². The molecule has 20 heavy (non-hydrogen) atoms. The molecule has 0 aliphatic carbocycles. The van der Waals surface area contributed by atoms with Gasteiger partial charge in [-0.05, 0) is 19.1 Å². The maximum Gasteiger partial charge on any atom is 0.261 e. The normalized spacial score (nSPS) is 14.1. The molecule has 1 aromatic heterocycles. The number of hydrogen-bond acceptors (Lipinski definition) is 6. The molecule has 6 nitrogen and oxygen atoms in total. The maximum absolute atomic E-state index is 10.1. The third kappa shape index (κ3) is 2.77. The van der Waals surface area contributed by atoms with Gasteiger partial charge in [-0.1, -0.05) is 22.8 Å². The van der Waals surface area contributed by atoms with Crippen molar-refractivity contribution in [2.45, 2.75) is 12.5 Å². The summed E-state index contributed by atoms with van der Waals surface area (Å²) in [4.78, 5) is 4.17. The first-order chi connectivity index (χ1) is 9.49. The van der Waals surface area contributed by atoms with Gasteiger partial charge in [-0.3, -0.25) is 0 Å². The van der Waals surface area contributed by atoms with Crippen LogP contribution in [0.1, 0.15) is 12.8 Å². The van der Waals surface area contributed by atoms with Crippen LogP contribution in [0.2, 0.25) is 5.02 Å². The van der Waals surface area contributed by atoms with Crippen LogP contribution >= 0.6 is 11.6 Å². The number of aromatic nitrogens is 2. The Bertz CT molecular complexity index is 598. The zero-order chi connectivity index (χ0) is 14.8. The number of ether oxygens (including phenoxy) is 2. The fraction of sp³-hybridized carbons (Fsp3) is 0.385. The lowest BCUT2D eigenvalue weighted by Crippen LogP contribution is -2.27. The summed E-state index contributed by atoms with van der Waals surface area (Å²) in [5.41, 5.74) is -0.769. The van der Waals surface area contributed by atoms with E-state index in [0.717, 1.165) is 0 Å². The van der Waals surface area contributed by atoms with E-state index >= 15 is 0 Å². The number of para-hydroxylation sites is 1. The van der Waals surface area contributed by atoms with Gasteiger partial charge >= 0.3 is 0 Å². The first-order valence-corrected chi connectivity index (χ1v) is 6.25. The summed E-state index contributed by atoms with van der Waals surface area (Å²) >= 11 is 6.05. The molecule has 7 heteroatoms. The Hall–Kier alpha value is -1.63. The van der Waals surface area contributed by atoms with Gasteiger partial charge in [-0.15, -0.1) is 0 Å². The van der Waals surface area contributed by atoms with Crippen molar-refractivity contribution >= 4 is 11.6 Å². The van der Waals surface area contributed by atoms with E-state index in [1.54, 1.807) is 18.2 Å². The monoisotopic (exact) mass is 298 g/mol. The van der Waals surface area contributed by atoms with Crippen LogP contribution < -0.4 is 4.74 Å². The molecule has 0 bridgehead atoms. The summed E-state index contributed by atoms with van der Waals surface area (Å²) in [5.74, 6) is 0.806. The molecular formula is C13H15ClN2O4. The van der Waals surface area contributed by atoms with Gasteiger partial charge in [0.05, 0.1) is 24.3 Å². The number of hydrogen-bond donors (Lipinski definition) is 1. The molecule has 1 aromatic carbocycles. The van der Waals surface area contributed by atoms with Crippen molar-refractivity contribution in [1.82, 2.24) is 10.1 Å². The van der Waals surface area contributed by atoms with Crippen LogP contribution in [0, 0.1) is 0 Å². The van der Waals surface area contributed by atoms with Crippen LogP contribution in [0.4, 0.5) is 0 Å². The third-order valence-electron chi connectivity index (χ3n) is 2.72. The van der Waals surface area contributed by atoms with Gasteiger partial charge in [0.2, 0.25) is 5.82 Å². The van der Waals surface area contributed by atoms with Gasteiger partial charge < -0.3 is 19.1 Å². The van der Waals surface area contributed by atoms with E-state index in [2.05, 4.69) is 10.1 Å². The van der Waals surface area contributed by atoms with E-state index in [9.17, 15) is 5.11 Å². The number of aliphatic hydroxyl groups is 1. The number of halogens is 1. The van der Waals surface area contributed by atoms with Crippen molar-refractivity contribution in [2.24, 2.45) is 0 Å². The Kier molecular flexibility index (Phi) is 4.27. The van der Waals surface area contributed by atoms with Crippen molar-refractivity contribution in [3.05, 3.63) is 29.1 Å². The lowest BCUT2D eigenvalue weighted by atomic mass is 10.1. The van der Waals surface area contributed by atoms with Crippen molar-refractivity contribution in [2.75, 3.05) is 20.8 Å². The van der Waals surface area contributed by atoms with Crippen LogP contribution in [0.15, 0.2) is 22.7 Å². The molecule has 108 valence electrons. The fourth-order valence-corrected chi connectivity index (χ4v) is 2.04. The highest BCUT2D eigenvalue weighted by molar-refractivity contribution is 6.32. The Morgan fingerprint density at radius 2 is 2.15 bits per heavy atom. The second-order valence-corrected chi connectivity index (χ2v) is 4.86. The Labute approximate surface area is 121 Å². The van der Waals surface area contributed by atoms with E-state index in [1.165, 1.54) is 21.1 Å². The van der Waals surface area contributed by atoms with Crippen LogP contribution in [-0.2, 0) is 10.3 Å². The molecule has 1 atom stereocenters. The van der Waals surface area contributed by atoms with Gasteiger partial charge in [0.15, 0.2) is 5.60 Å². The third-order valence-corrected chi connectivity index (χ3v) is 3.02. The number of methoxy groups -OCH3 is 2. The van der Waals surface area contributed by atoms with E-state index in [4.69, 9.17) is 25.6 Å². The molecule has 0 saturated carbocycles. The minimum absolute atomic E-state index is 0.0430. The molecule has 0 saturated heterocycles. The van der Waals surface area contributed by atoms with E-state index in [0.29, 0.717) is 16.3 Å². The van der Waals surface area contributed by atoms with Crippen LogP contribution in [0.3, 0.4) is 0 Å². The Balaban J connectivity index is 2.41. The van der Waals surface area contributed by atoms with Crippen LogP contribution in [0.5, 0.6) is 5.75 Å². The van der Waals surface area contributed by atoms with Gasteiger partial charge in [0.25, 0.3) is 5.89 Å². The highest BCUT2D eigenvalue weighted by Gasteiger charge is 2.31. The first kappa shape index (κ1) is 14.8. The van der Waals surface area contributed by atoms with E-state index in [-0.39, 0.29) is 18.3 Å². The van der Waals surface area contributed by atoms with Gasteiger partial charge in [-0.2, -0.15) is 4.98 Å². The van der Waals surface area contributed by atoms with Gasteiger partial charge in [0, 0.05) is 7.11 Å². The molecule has 0 radical (unpaired) electrons. The predicted molar refractivity (Wildman–Crippen MR) is 72.7 cm³/mol. The molecule has 1 heterocycles. The molecule has 0 aliphatic rings. The largest absolute Gasteiger partial charge is 0.494 e. The lowest BCUT2D eigenvalue weighted by Gasteiger charge is -2.16. The summed E-state index contributed by atoms with van der Waals surface area (Å²) < 4.78 is 15.2. The molecular weight excluding hydrogens is 284 g/mol. The molecule has 0 fully saturated rings. The minimum atomic E-state index is -1.36. The molecule has 2 aromatic rings. The second-order valence-electron chi connectivity index (χ2n) is 4.45. The summed E-state index contributed by atoms with van der Waals surface area (Å²) in [7, 11) is 2.98. The molecule has 0 spiro atoms. The van der Waals surface area contributed by atoms with E-state index in [1.807, 2.05) is 0 Å². The van der Waals surface area contributed by atoms with Gasteiger partial charge in [0.1, 0.15) is 5.75 Å². The Morgan fingerprint density at radius 3 is 2.80 bits per heavy atom. The van der Waals surface area contributed by atoms with Crippen molar-refractivity contribution in [1.29, 1.82) is 0 Å². The molecule has 1 N–H and O–H groups in total. The fourth-order valence-electron chi connectivity index (χ4n) is 1.79. The zero-order valence-corrected chi connectivity index (χ0v) is 12.1. The first-order valence-electron chi connectivity index (χ1n) is 5.88. The number of nitrogens with zero attached hydrogens (tertiary/aromatic N) is 2. The standard InChI is InChI=1S/C13H15ClN2O4/c1-13(17,7-18-2)12-15-11(16-20-12)8-5-4-6-9(14)10(8)19-3/h4-6,17H,7H2,1-3H3. The SMILES string of the molecule is COCC(C)(O)c1nc(-c2cccc(Cl)c2OC)no1. The van der Waals surface area contributed by atoms with Crippen LogP contribution in [0.25, 0.3) is 11.4 Å². The molecule has 0 amide bonds. The summed E-state index contributed by atoms with van der Waals surface area (Å²) in [6.45, 7) is 1.57. The van der Waals surface area contributed by atoms with Crippen molar-refractivity contribution < 1.29 is 19.1 Å². The minimum Gasteiger partial charge on any atom is -0.494 e. The number of rotatable bonds is 5. The average molecular weight is 299 g/mol. The summed E-state index contributed by atoms with van der Waals surface area (Å²) in [5, 5.41) is 14.4. The predicted octanol–water partition coefficient (Wildman–Crippen LogP) is 2.25. The lowest BCUT2D eigenvalue weighted by molar-refractivity contribution is -0.0429. The molecule has 1 unspecified atom stereocenters. The van der Waals surface area contributed by atoms with Crippen molar-refractivity contribution in [3.63, 3.8) is 0 Å². The number of benzene rings is 1. The van der Waals surface area contributed by atoms with Gasteiger partial charge in [-0.25, -0.2) is 0 Å². The summed E-state index contributed by atoms with van der Waals surface area (Å²) in [6, 6.07) is 5.21. The van der Waals surface area contributed by atoms with Crippen molar-refractivity contribution in [3.8, 4) is 17.1 Å². The van der Waals surface area contributed by atoms with E-state index < -0.39 is 5.60 Å². The smallest absolute Gasteiger partial charge is 0.261 e. The maximum atomic E-state index is 10.1. The quantitative estimate of drug-likeness (QED) is 0.912. The second kappa shape index (κ2) is 5.78. The Morgan fingerprint density at radius 1 is 1.40 bits per heavy atom. The highest BCUT2D eigenvalue weighted by Crippen LogP contribution is 2.35.